The Morgan fingerprint density at radius 1 is 0.806 bits per heavy atom. The average molecular weight is 1050 g/mol. The van der Waals surface area contributed by atoms with Crippen molar-refractivity contribution in [1.82, 2.24) is 44.6 Å². The minimum absolute atomic E-state index is 0.00489. The van der Waals surface area contributed by atoms with E-state index in [4.69, 9.17) is 4.74 Å². The molecule has 3 aromatic carbocycles. The maximum atomic E-state index is 15.1. The molecule has 0 aliphatic carbocycles. The number of piperazine rings is 2. The second kappa shape index (κ2) is 22.9. The van der Waals surface area contributed by atoms with Gasteiger partial charge in [-0.15, -0.1) is 0 Å². The Labute approximate surface area is 426 Å². The number of H-pyrrole nitrogens is 1. The summed E-state index contributed by atoms with van der Waals surface area (Å²) >= 11 is 3.43. The Morgan fingerprint density at radius 3 is 2.19 bits per heavy atom. The molecule has 0 spiro atoms. The average Bonchev–Trinajstić information content (AvgIpc) is 3.35. The Balaban J connectivity index is 0.766. The van der Waals surface area contributed by atoms with Crippen LogP contribution in [-0.4, -0.2) is 165 Å². The maximum Gasteiger partial charge on any atom is 0.411 e. The first-order valence-corrected chi connectivity index (χ1v) is 25.3. The zero-order valence-electron chi connectivity index (χ0n) is 41.3. The van der Waals surface area contributed by atoms with Gasteiger partial charge in [-0.1, -0.05) is 54.1 Å². The molecule has 5 aromatic rings. The molecule has 5 amide bonds. The van der Waals surface area contributed by atoms with Gasteiger partial charge in [0.2, 0.25) is 11.8 Å². The molecule has 17 nitrogen and oxygen atoms in total. The van der Waals surface area contributed by atoms with Crippen LogP contribution in [0.25, 0.3) is 10.8 Å². The summed E-state index contributed by atoms with van der Waals surface area (Å²) < 4.78 is 21.3. The fourth-order valence-corrected chi connectivity index (χ4v) is 9.87. The predicted molar refractivity (Wildman–Crippen MR) is 274 cm³/mol. The minimum Gasteiger partial charge on any atom is -0.444 e. The number of amides is 5. The molecule has 19 heteroatoms. The molecule has 2 N–H and O–H groups in total. The number of fused-ring (bicyclic) bond motifs is 1. The number of hydrogen-bond donors (Lipinski definition) is 2. The summed E-state index contributed by atoms with van der Waals surface area (Å²) in [5, 5.41) is 10.8. The summed E-state index contributed by atoms with van der Waals surface area (Å²) in [7, 11) is 0. The highest BCUT2D eigenvalue weighted by Crippen LogP contribution is 2.26. The standard InChI is InChI=1S/C53H62BrFN10O7/c1-35-8-7-9-38(26-35)32-65(52(71)72-53(2,3)4)33-46(66)57-45-29-39(54)30-56-48(45)51(70)63-16-14-36(15-17-63)31-60-18-20-61(21-19-60)34-47(67)62-22-24-64(25-23-62)50(69)42-27-37(12-13-43(42)55)28-44-40-10-5-6-11-41(40)49(68)59-58-44/h5-13,26-27,29-30,36H,14-25,28,31-34H2,1-4H3,(H,57,66)(H,59,68). The van der Waals surface area contributed by atoms with E-state index in [1.165, 1.54) is 17.2 Å². The molecule has 2 aromatic heterocycles. The lowest BCUT2D eigenvalue weighted by molar-refractivity contribution is -0.134. The number of aromatic amines is 1. The largest absolute Gasteiger partial charge is 0.444 e. The van der Waals surface area contributed by atoms with Crippen molar-refractivity contribution < 1.29 is 33.1 Å². The van der Waals surface area contributed by atoms with Crippen LogP contribution in [0.2, 0.25) is 0 Å². The molecular weight excluding hydrogens is 988 g/mol. The lowest BCUT2D eigenvalue weighted by atomic mass is 9.95. The van der Waals surface area contributed by atoms with Crippen molar-refractivity contribution in [3.05, 3.63) is 133 Å². The highest BCUT2D eigenvalue weighted by atomic mass is 79.9. The van der Waals surface area contributed by atoms with Gasteiger partial charge in [-0.2, -0.15) is 5.10 Å². The monoisotopic (exact) mass is 1050 g/mol. The number of benzene rings is 3. The van der Waals surface area contributed by atoms with Crippen molar-refractivity contribution >= 4 is 62.1 Å². The van der Waals surface area contributed by atoms with Crippen molar-refractivity contribution in [3.63, 3.8) is 0 Å². The number of pyridine rings is 1. The molecule has 8 rings (SSSR count). The van der Waals surface area contributed by atoms with E-state index in [9.17, 15) is 28.8 Å². The molecule has 380 valence electrons. The van der Waals surface area contributed by atoms with Crippen LogP contribution < -0.4 is 10.9 Å². The Bertz CT molecular complexity index is 2870. The smallest absolute Gasteiger partial charge is 0.411 e. The zero-order chi connectivity index (χ0) is 51.1. The number of nitrogens with zero attached hydrogens (tertiary/aromatic N) is 8. The first kappa shape index (κ1) is 51.8. The van der Waals surface area contributed by atoms with Crippen LogP contribution in [-0.2, 0) is 27.3 Å². The molecule has 0 radical (unpaired) electrons. The molecule has 3 aliphatic rings. The van der Waals surface area contributed by atoms with Crippen LogP contribution in [0.4, 0.5) is 14.9 Å². The number of carbonyl (C=O) groups excluding carboxylic acids is 5. The molecule has 0 saturated carbocycles. The van der Waals surface area contributed by atoms with Gasteiger partial charge in [0, 0.05) is 101 Å². The number of aryl methyl sites for hydroxylation is 1. The van der Waals surface area contributed by atoms with Gasteiger partial charge in [0.1, 0.15) is 18.0 Å². The fourth-order valence-electron chi connectivity index (χ4n) is 9.54. The third-order valence-electron chi connectivity index (χ3n) is 13.3. The van der Waals surface area contributed by atoms with Gasteiger partial charge < -0.3 is 29.7 Å². The van der Waals surface area contributed by atoms with Crippen molar-refractivity contribution in [2.75, 3.05) is 90.4 Å². The van der Waals surface area contributed by atoms with Crippen molar-refractivity contribution in [1.29, 1.82) is 0 Å². The quantitative estimate of drug-likeness (QED) is 0.142. The van der Waals surface area contributed by atoms with E-state index in [1.807, 2.05) is 43.3 Å². The second-order valence-electron chi connectivity index (χ2n) is 19.9. The predicted octanol–water partition coefficient (Wildman–Crippen LogP) is 5.95. The normalized spacial score (nSPS) is 16.2. The zero-order valence-corrected chi connectivity index (χ0v) is 42.9. The summed E-state index contributed by atoms with van der Waals surface area (Å²) in [5.41, 5.74) is 2.44. The van der Waals surface area contributed by atoms with E-state index in [-0.39, 0.29) is 54.0 Å². The Hall–Kier alpha value is -6.57. The topological polar surface area (TPSA) is 185 Å². The number of rotatable bonds is 13. The summed E-state index contributed by atoms with van der Waals surface area (Å²) in [4.78, 5) is 95.6. The van der Waals surface area contributed by atoms with Gasteiger partial charge in [-0.25, -0.2) is 19.3 Å². The first-order valence-electron chi connectivity index (χ1n) is 24.5. The summed E-state index contributed by atoms with van der Waals surface area (Å²) in [6.07, 6.45) is 2.82. The Kier molecular flexibility index (Phi) is 16.5. The number of ether oxygens (including phenoxy) is 1. The number of likely N-dealkylation sites (tertiary alicyclic amines) is 1. The minimum atomic E-state index is -0.767. The number of carbonyl (C=O) groups is 5. The van der Waals surface area contributed by atoms with E-state index < -0.39 is 29.3 Å². The van der Waals surface area contributed by atoms with E-state index >= 15 is 4.39 Å². The molecular formula is C53H62BrFN10O7. The van der Waals surface area contributed by atoms with Crippen molar-refractivity contribution in [2.45, 2.75) is 59.1 Å². The lowest BCUT2D eigenvalue weighted by Gasteiger charge is -2.40. The van der Waals surface area contributed by atoms with Gasteiger partial charge in [0.15, 0.2) is 5.69 Å². The van der Waals surface area contributed by atoms with Gasteiger partial charge in [0.25, 0.3) is 17.4 Å². The summed E-state index contributed by atoms with van der Waals surface area (Å²) in [5.74, 6) is -1.44. The molecule has 3 saturated heterocycles. The van der Waals surface area contributed by atoms with Gasteiger partial charge in [0.05, 0.1) is 28.9 Å². The molecule has 5 heterocycles. The van der Waals surface area contributed by atoms with Crippen LogP contribution in [0.15, 0.2) is 88.3 Å². The van der Waals surface area contributed by atoms with Gasteiger partial charge in [-0.3, -0.25) is 33.8 Å². The van der Waals surface area contributed by atoms with Crippen LogP contribution in [0.5, 0.6) is 0 Å². The number of halogens is 2. The van der Waals surface area contributed by atoms with Crippen molar-refractivity contribution in [2.24, 2.45) is 5.92 Å². The van der Waals surface area contributed by atoms with E-state index in [1.54, 1.807) is 65.8 Å². The molecule has 0 bridgehead atoms. The van der Waals surface area contributed by atoms with E-state index in [0.717, 1.165) is 56.7 Å². The van der Waals surface area contributed by atoms with Gasteiger partial charge in [-0.05, 0) is 97.8 Å². The second-order valence-corrected chi connectivity index (χ2v) is 20.9. The van der Waals surface area contributed by atoms with E-state index in [0.29, 0.717) is 78.1 Å². The van der Waals surface area contributed by atoms with Crippen molar-refractivity contribution in [3.8, 4) is 0 Å². The third kappa shape index (κ3) is 13.3. The first-order chi connectivity index (χ1) is 34.5. The lowest BCUT2D eigenvalue weighted by Crippen LogP contribution is -2.55. The number of hydrogen-bond acceptors (Lipinski definition) is 11. The number of anilines is 1. The van der Waals surface area contributed by atoms with Gasteiger partial charge >= 0.3 is 6.09 Å². The number of piperidine rings is 1. The van der Waals surface area contributed by atoms with Crippen LogP contribution in [0.3, 0.4) is 0 Å². The molecule has 0 atom stereocenters. The highest BCUT2D eigenvalue weighted by molar-refractivity contribution is 9.10. The summed E-state index contributed by atoms with van der Waals surface area (Å²) in [6.45, 7) is 13.8. The summed E-state index contributed by atoms with van der Waals surface area (Å²) in [6, 6.07) is 20.9. The fraction of sp³-hybridized carbons (Fsp3) is 0.434. The SMILES string of the molecule is Cc1cccc(CN(CC(=O)Nc2cc(Br)cnc2C(=O)N2CCC(CN3CCN(CC(=O)N4CCN(C(=O)c5cc(Cc6n[nH]c(=O)c7ccccc67)ccc5F)CC4)CC3)CC2)C(=O)OC(C)(C)C)c1. The van der Waals surface area contributed by atoms with Crippen LogP contribution in [0, 0.1) is 18.7 Å². The van der Waals surface area contributed by atoms with Crippen LogP contribution in [0.1, 0.15) is 76.8 Å². The maximum absolute atomic E-state index is 15.1. The number of nitrogens with one attached hydrogen (secondary N) is 2. The number of aromatic nitrogens is 3. The molecule has 72 heavy (non-hydrogen) atoms. The molecule has 3 aliphatic heterocycles. The molecule has 3 fully saturated rings. The van der Waals surface area contributed by atoms with Crippen LogP contribution >= 0.6 is 15.9 Å². The highest BCUT2D eigenvalue weighted by Gasteiger charge is 2.32. The Morgan fingerprint density at radius 2 is 1.49 bits per heavy atom. The third-order valence-corrected chi connectivity index (χ3v) is 13.8. The molecule has 0 unspecified atom stereocenters. The van der Waals surface area contributed by atoms with E-state index in [2.05, 4.69) is 46.2 Å².